The van der Waals surface area contributed by atoms with Gasteiger partial charge >= 0.3 is 11.9 Å². The second-order valence-electron chi connectivity index (χ2n) is 8.91. The summed E-state index contributed by atoms with van der Waals surface area (Å²) in [6.07, 6.45) is 2.25. The van der Waals surface area contributed by atoms with Gasteiger partial charge in [0, 0.05) is 12.8 Å². The van der Waals surface area contributed by atoms with E-state index in [9.17, 15) is 14.4 Å². The molecule has 1 amide bonds. The Bertz CT molecular complexity index is 1030. The number of para-hydroxylation sites is 1. The minimum atomic E-state index is -0.759. The van der Waals surface area contributed by atoms with Crippen molar-refractivity contribution in [3.63, 3.8) is 0 Å². The summed E-state index contributed by atoms with van der Waals surface area (Å²) in [5.74, 6) is -0.992. The van der Waals surface area contributed by atoms with Crippen molar-refractivity contribution in [2.75, 3.05) is 32.1 Å². The number of esters is 2. The molecule has 1 aliphatic rings. The molecule has 0 heterocycles. The van der Waals surface area contributed by atoms with Gasteiger partial charge in [-0.1, -0.05) is 42.5 Å². The fourth-order valence-electron chi connectivity index (χ4n) is 5.01. The third-order valence-corrected chi connectivity index (χ3v) is 7.31. The molecule has 0 saturated heterocycles. The Morgan fingerprint density at radius 2 is 1.68 bits per heavy atom. The molecule has 7 heteroatoms. The summed E-state index contributed by atoms with van der Waals surface area (Å²) >= 11 is 0. The van der Waals surface area contributed by atoms with Crippen molar-refractivity contribution in [1.82, 2.24) is 0 Å². The number of nitrogens with one attached hydrogen (secondary N) is 1. The molecule has 0 spiro atoms. The molecule has 0 bridgehead atoms. The predicted molar refractivity (Wildman–Crippen MR) is 130 cm³/mol. The highest BCUT2D eigenvalue weighted by atomic mass is 16.5. The van der Waals surface area contributed by atoms with E-state index in [1.54, 1.807) is 12.1 Å². The van der Waals surface area contributed by atoms with Crippen LogP contribution in [0.5, 0.6) is 0 Å². The summed E-state index contributed by atoms with van der Waals surface area (Å²) in [6.45, 7) is 7.41. The van der Waals surface area contributed by atoms with Crippen LogP contribution in [0.3, 0.4) is 0 Å². The SMILES string of the molecule is CC[N+](CC)(CC(=O)OCc1ccccc1)C1(C(=O)Nc2c(C)cccc2C(=O)OC)CCC1. The summed E-state index contributed by atoms with van der Waals surface area (Å²) in [7, 11) is 1.32. The predicted octanol–water partition coefficient (Wildman–Crippen LogP) is 4.24. The van der Waals surface area contributed by atoms with Crippen molar-refractivity contribution >= 4 is 23.5 Å². The molecule has 0 aliphatic heterocycles. The van der Waals surface area contributed by atoms with E-state index in [0.29, 0.717) is 41.7 Å². The van der Waals surface area contributed by atoms with Gasteiger partial charge in [0.2, 0.25) is 0 Å². The quantitative estimate of drug-likeness (QED) is 0.417. The lowest BCUT2D eigenvalue weighted by atomic mass is 9.72. The van der Waals surface area contributed by atoms with Crippen LogP contribution in [-0.2, 0) is 25.7 Å². The fourth-order valence-corrected chi connectivity index (χ4v) is 5.01. The summed E-state index contributed by atoms with van der Waals surface area (Å²) in [5.41, 5.74) is 1.72. The highest BCUT2D eigenvalue weighted by Crippen LogP contribution is 2.44. The van der Waals surface area contributed by atoms with Gasteiger partial charge in [-0.05, 0) is 44.4 Å². The number of ether oxygens (including phenoxy) is 2. The van der Waals surface area contributed by atoms with Gasteiger partial charge in [-0.25, -0.2) is 9.59 Å². The fraction of sp³-hybridized carbons (Fsp3) is 0.444. The van der Waals surface area contributed by atoms with Gasteiger partial charge in [0.05, 0.1) is 31.5 Å². The third kappa shape index (κ3) is 4.85. The van der Waals surface area contributed by atoms with E-state index in [4.69, 9.17) is 9.47 Å². The number of anilines is 1. The van der Waals surface area contributed by atoms with Crippen LogP contribution >= 0.6 is 0 Å². The molecule has 0 unspecified atom stereocenters. The van der Waals surface area contributed by atoms with Crippen LogP contribution in [0.1, 0.15) is 54.6 Å². The Hall–Kier alpha value is -3.19. The Morgan fingerprint density at radius 3 is 2.24 bits per heavy atom. The molecule has 0 atom stereocenters. The Kier molecular flexibility index (Phi) is 8.10. The number of quaternary nitrogens is 1. The van der Waals surface area contributed by atoms with Crippen LogP contribution in [0, 0.1) is 6.92 Å². The average molecular weight is 468 g/mol. The Labute approximate surface area is 201 Å². The van der Waals surface area contributed by atoms with Gasteiger partial charge in [0.1, 0.15) is 6.61 Å². The van der Waals surface area contributed by atoms with E-state index in [1.807, 2.05) is 57.2 Å². The van der Waals surface area contributed by atoms with Crippen molar-refractivity contribution in [3.8, 4) is 0 Å². The molecule has 182 valence electrons. The third-order valence-electron chi connectivity index (χ3n) is 7.31. The van der Waals surface area contributed by atoms with Crippen LogP contribution < -0.4 is 5.32 Å². The smallest absolute Gasteiger partial charge is 0.362 e. The number of carbonyl (C=O) groups excluding carboxylic acids is 3. The highest BCUT2D eigenvalue weighted by Gasteiger charge is 2.60. The Balaban J connectivity index is 1.84. The molecule has 1 N–H and O–H groups in total. The van der Waals surface area contributed by atoms with Crippen LogP contribution in [0.2, 0.25) is 0 Å². The minimum Gasteiger partial charge on any atom is -0.465 e. The number of hydrogen-bond acceptors (Lipinski definition) is 5. The summed E-state index contributed by atoms with van der Waals surface area (Å²) in [6, 6.07) is 14.8. The van der Waals surface area contributed by atoms with Crippen molar-refractivity contribution < 1.29 is 28.3 Å². The zero-order chi connectivity index (χ0) is 24.8. The first-order valence-electron chi connectivity index (χ1n) is 11.9. The number of likely N-dealkylation sites (N-methyl/N-ethyl adjacent to an activating group) is 1. The molecular weight excluding hydrogens is 432 g/mol. The van der Waals surface area contributed by atoms with Crippen LogP contribution in [0.15, 0.2) is 48.5 Å². The van der Waals surface area contributed by atoms with E-state index in [1.165, 1.54) is 7.11 Å². The van der Waals surface area contributed by atoms with Crippen molar-refractivity contribution in [2.24, 2.45) is 0 Å². The monoisotopic (exact) mass is 467 g/mol. The van der Waals surface area contributed by atoms with E-state index in [-0.39, 0.29) is 25.0 Å². The number of carbonyl (C=O) groups is 3. The molecular formula is C27H35N2O5+. The number of amides is 1. The maximum absolute atomic E-state index is 13.8. The zero-order valence-corrected chi connectivity index (χ0v) is 20.6. The second-order valence-corrected chi connectivity index (χ2v) is 8.91. The van der Waals surface area contributed by atoms with Gasteiger partial charge < -0.3 is 19.3 Å². The number of benzene rings is 2. The summed E-state index contributed by atoms with van der Waals surface area (Å²) < 4.78 is 10.8. The lowest BCUT2D eigenvalue weighted by Gasteiger charge is -2.55. The number of rotatable bonds is 10. The van der Waals surface area contributed by atoms with Crippen LogP contribution in [0.25, 0.3) is 0 Å². The molecule has 2 aromatic rings. The van der Waals surface area contributed by atoms with Gasteiger partial charge in [-0.15, -0.1) is 0 Å². The molecule has 1 fully saturated rings. The van der Waals surface area contributed by atoms with Gasteiger partial charge in [0.25, 0.3) is 5.91 Å². The molecule has 3 rings (SSSR count). The van der Waals surface area contributed by atoms with Crippen LogP contribution in [0.4, 0.5) is 5.69 Å². The average Bonchev–Trinajstić information content (AvgIpc) is 2.82. The number of hydrogen-bond donors (Lipinski definition) is 1. The second kappa shape index (κ2) is 10.8. The van der Waals surface area contributed by atoms with Crippen molar-refractivity contribution in [1.29, 1.82) is 0 Å². The maximum Gasteiger partial charge on any atom is 0.362 e. The van der Waals surface area contributed by atoms with Gasteiger partial charge in [-0.2, -0.15) is 0 Å². The van der Waals surface area contributed by atoms with Gasteiger partial charge in [0.15, 0.2) is 12.1 Å². The lowest BCUT2D eigenvalue weighted by Crippen LogP contribution is -2.73. The number of nitrogens with zero attached hydrogens (tertiary/aromatic N) is 1. The standard InChI is InChI=1S/C27H34N2O5/c1-5-29(6-2,18-23(30)34-19-21-13-8-7-9-14-21)27(16-11-17-27)26(32)28-24-20(3)12-10-15-22(24)25(31)33-4/h7-10,12-15H,5-6,11,16-19H2,1-4H3/p+1. The first-order valence-corrected chi connectivity index (χ1v) is 11.9. The van der Waals surface area contributed by atoms with E-state index < -0.39 is 11.5 Å². The number of aryl methyl sites for hydroxylation is 1. The molecule has 34 heavy (non-hydrogen) atoms. The van der Waals surface area contributed by atoms with E-state index >= 15 is 0 Å². The summed E-state index contributed by atoms with van der Waals surface area (Å²) in [5, 5.41) is 3.03. The zero-order valence-electron chi connectivity index (χ0n) is 20.6. The topological polar surface area (TPSA) is 81.7 Å². The van der Waals surface area contributed by atoms with Gasteiger partial charge in [-0.3, -0.25) is 4.79 Å². The summed E-state index contributed by atoms with van der Waals surface area (Å²) in [4.78, 5) is 39.1. The highest BCUT2D eigenvalue weighted by molar-refractivity contribution is 6.05. The molecule has 0 aromatic heterocycles. The lowest BCUT2D eigenvalue weighted by molar-refractivity contribution is -0.963. The first-order chi connectivity index (χ1) is 16.3. The van der Waals surface area contributed by atoms with E-state index in [2.05, 4.69) is 5.32 Å². The Morgan fingerprint density at radius 1 is 1.00 bits per heavy atom. The number of methoxy groups -OCH3 is 1. The van der Waals surface area contributed by atoms with Crippen LogP contribution in [-0.4, -0.2) is 54.6 Å². The molecule has 7 nitrogen and oxygen atoms in total. The van der Waals surface area contributed by atoms with Crippen molar-refractivity contribution in [3.05, 3.63) is 65.2 Å². The molecule has 1 aliphatic carbocycles. The molecule has 2 aromatic carbocycles. The normalized spacial score (nSPS) is 14.6. The van der Waals surface area contributed by atoms with E-state index in [0.717, 1.165) is 17.5 Å². The molecule has 0 radical (unpaired) electrons. The minimum absolute atomic E-state index is 0.116. The molecule has 1 saturated carbocycles. The van der Waals surface area contributed by atoms with Crippen molar-refractivity contribution in [2.45, 2.75) is 52.2 Å². The maximum atomic E-state index is 13.8. The largest absolute Gasteiger partial charge is 0.465 e. The first kappa shape index (κ1) is 25.4.